The minimum absolute atomic E-state index is 0.140. The highest BCUT2D eigenvalue weighted by Crippen LogP contribution is 2.35. The summed E-state index contributed by atoms with van der Waals surface area (Å²) >= 11 is 0. The molecule has 1 atom stereocenters. The van der Waals surface area contributed by atoms with Crippen LogP contribution in [0.3, 0.4) is 0 Å². The molecule has 1 unspecified atom stereocenters. The van der Waals surface area contributed by atoms with Gasteiger partial charge in [-0.1, -0.05) is 36.4 Å². The van der Waals surface area contributed by atoms with Crippen LogP contribution < -0.4 is 4.31 Å². The third-order valence-electron chi connectivity index (χ3n) is 3.74. The van der Waals surface area contributed by atoms with E-state index in [1.54, 1.807) is 18.2 Å². The number of nitrogens with zero attached hydrogens (tertiary/aromatic N) is 1. The molecule has 3 nitrogen and oxygen atoms in total. The van der Waals surface area contributed by atoms with Crippen LogP contribution in [0.5, 0.6) is 0 Å². The fraction of sp³-hybridized carbons (Fsp3) is 0.250. The average molecular weight is 305 g/mol. The average Bonchev–Trinajstić information content (AvgIpc) is 2.77. The van der Waals surface area contributed by atoms with Crippen LogP contribution in [0.2, 0.25) is 0 Å². The molecule has 0 N–H and O–H groups in total. The van der Waals surface area contributed by atoms with Gasteiger partial charge >= 0.3 is 0 Å². The number of para-hydroxylation sites is 1. The summed E-state index contributed by atoms with van der Waals surface area (Å²) in [6.45, 7) is 1.87. The molecule has 0 saturated carbocycles. The zero-order valence-corrected chi connectivity index (χ0v) is 12.5. The fourth-order valence-corrected chi connectivity index (χ4v) is 4.71. The molecule has 0 radical (unpaired) electrons. The van der Waals surface area contributed by atoms with Crippen molar-refractivity contribution in [2.45, 2.75) is 25.1 Å². The first kappa shape index (κ1) is 14.1. The fourth-order valence-electron chi connectivity index (χ4n) is 2.84. The molecular weight excluding hydrogens is 289 g/mol. The minimum atomic E-state index is -3.60. The summed E-state index contributed by atoms with van der Waals surface area (Å²) in [4.78, 5) is 0. The van der Waals surface area contributed by atoms with Crippen molar-refractivity contribution in [1.82, 2.24) is 0 Å². The van der Waals surface area contributed by atoms with Crippen LogP contribution in [0.4, 0.5) is 10.1 Å². The van der Waals surface area contributed by atoms with E-state index < -0.39 is 15.8 Å². The van der Waals surface area contributed by atoms with Gasteiger partial charge in [-0.2, -0.15) is 0 Å². The second-order valence-electron chi connectivity index (χ2n) is 5.33. The predicted octanol–water partition coefficient (Wildman–Crippen LogP) is 3.11. The number of rotatable bonds is 3. The number of anilines is 1. The monoisotopic (exact) mass is 305 g/mol. The quantitative estimate of drug-likeness (QED) is 0.874. The van der Waals surface area contributed by atoms with Crippen LogP contribution in [0, 0.1) is 5.82 Å². The maximum absolute atomic E-state index is 13.7. The van der Waals surface area contributed by atoms with Gasteiger partial charge in [0, 0.05) is 11.6 Å². The van der Waals surface area contributed by atoms with Crippen molar-refractivity contribution < 1.29 is 12.8 Å². The summed E-state index contributed by atoms with van der Waals surface area (Å²) in [6.07, 6.45) is 0.687. The third kappa shape index (κ3) is 2.53. The van der Waals surface area contributed by atoms with Gasteiger partial charge in [-0.15, -0.1) is 0 Å². The van der Waals surface area contributed by atoms with Gasteiger partial charge in [0.1, 0.15) is 5.82 Å². The molecule has 2 aromatic rings. The molecule has 1 aliphatic rings. The Morgan fingerprint density at radius 1 is 1.14 bits per heavy atom. The SMILES string of the molecule is CC1Cc2ccccc2N1S(=O)(=O)Cc1ccccc1F. The predicted molar refractivity (Wildman–Crippen MR) is 81.1 cm³/mol. The van der Waals surface area contributed by atoms with Crippen molar-refractivity contribution in [2.24, 2.45) is 0 Å². The van der Waals surface area contributed by atoms with Crippen molar-refractivity contribution in [1.29, 1.82) is 0 Å². The largest absolute Gasteiger partial charge is 0.267 e. The van der Waals surface area contributed by atoms with E-state index in [2.05, 4.69) is 0 Å². The lowest BCUT2D eigenvalue weighted by Crippen LogP contribution is -2.36. The number of halogens is 1. The molecule has 0 spiro atoms. The zero-order chi connectivity index (χ0) is 15.0. The molecule has 1 aliphatic heterocycles. The van der Waals surface area contributed by atoms with E-state index >= 15 is 0 Å². The maximum atomic E-state index is 13.7. The van der Waals surface area contributed by atoms with Crippen molar-refractivity contribution in [2.75, 3.05) is 4.31 Å². The summed E-state index contributed by atoms with van der Waals surface area (Å²) in [5.74, 6) is -0.806. The number of benzene rings is 2. The van der Waals surface area contributed by atoms with Crippen LogP contribution in [-0.4, -0.2) is 14.5 Å². The molecular formula is C16H16FNO2S. The van der Waals surface area contributed by atoms with E-state index in [-0.39, 0.29) is 17.4 Å². The van der Waals surface area contributed by atoms with E-state index in [4.69, 9.17) is 0 Å². The normalized spacial score (nSPS) is 17.8. The van der Waals surface area contributed by atoms with Crippen LogP contribution in [0.15, 0.2) is 48.5 Å². The van der Waals surface area contributed by atoms with Crippen molar-refractivity contribution in [3.63, 3.8) is 0 Å². The molecule has 21 heavy (non-hydrogen) atoms. The Kier molecular flexibility index (Phi) is 3.45. The molecule has 0 fully saturated rings. The van der Waals surface area contributed by atoms with E-state index in [0.717, 1.165) is 5.56 Å². The van der Waals surface area contributed by atoms with E-state index in [1.807, 2.05) is 25.1 Å². The number of sulfonamides is 1. The van der Waals surface area contributed by atoms with Gasteiger partial charge in [-0.3, -0.25) is 4.31 Å². The van der Waals surface area contributed by atoms with Gasteiger partial charge in [0.05, 0.1) is 11.4 Å². The Hall–Kier alpha value is -1.88. The van der Waals surface area contributed by atoms with E-state index in [1.165, 1.54) is 16.4 Å². The van der Waals surface area contributed by atoms with E-state index in [9.17, 15) is 12.8 Å². The topological polar surface area (TPSA) is 37.4 Å². The Labute approximate surface area is 124 Å². The third-order valence-corrected chi connectivity index (χ3v) is 5.57. The molecule has 3 rings (SSSR count). The first-order valence-corrected chi connectivity index (χ1v) is 8.43. The highest BCUT2D eigenvalue weighted by Gasteiger charge is 2.35. The zero-order valence-electron chi connectivity index (χ0n) is 11.7. The smallest absolute Gasteiger partial charge is 0.239 e. The molecule has 0 aliphatic carbocycles. The molecule has 5 heteroatoms. The van der Waals surface area contributed by atoms with Gasteiger partial charge in [-0.05, 0) is 31.0 Å². The molecule has 0 bridgehead atoms. The van der Waals surface area contributed by atoms with Gasteiger partial charge in [0.25, 0.3) is 0 Å². The van der Waals surface area contributed by atoms with Crippen LogP contribution in [0.1, 0.15) is 18.1 Å². The number of hydrogen-bond acceptors (Lipinski definition) is 2. The molecule has 0 amide bonds. The summed E-state index contributed by atoms with van der Waals surface area (Å²) in [6, 6.07) is 13.3. The lowest BCUT2D eigenvalue weighted by Gasteiger charge is -2.24. The molecule has 2 aromatic carbocycles. The maximum Gasteiger partial charge on any atom is 0.239 e. The standard InChI is InChI=1S/C16H16FNO2S/c1-12-10-13-6-3-5-9-16(13)18(12)21(19,20)11-14-7-2-4-8-15(14)17/h2-9,12H,10-11H2,1H3. The summed E-state index contributed by atoms with van der Waals surface area (Å²) in [5.41, 5.74) is 1.93. The second-order valence-corrected chi connectivity index (χ2v) is 7.17. The van der Waals surface area contributed by atoms with Crippen LogP contribution in [0.25, 0.3) is 0 Å². The molecule has 110 valence electrons. The summed E-state index contributed by atoms with van der Waals surface area (Å²) in [5, 5.41) is 0. The Balaban J connectivity index is 1.98. The Morgan fingerprint density at radius 3 is 2.57 bits per heavy atom. The van der Waals surface area contributed by atoms with E-state index in [0.29, 0.717) is 12.1 Å². The minimum Gasteiger partial charge on any atom is -0.267 e. The van der Waals surface area contributed by atoms with Gasteiger partial charge in [-0.25, -0.2) is 12.8 Å². The van der Waals surface area contributed by atoms with Crippen molar-refractivity contribution in [3.8, 4) is 0 Å². The molecule has 0 saturated heterocycles. The number of fused-ring (bicyclic) bond motifs is 1. The van der Waals surface area contributed by atoms with Crippen molar-refractivity contribution in [3.05, 3.63) is 65.5 Å². The summed E-state index contributed by atoms with van der Waals surface area (Å²) in [7, 11) is -3.60. The highest BCUT2D eigenvalue weighted by molar-refractivity contribution is 7.92. The van der Waals surface area contributed by atoms with Gasteiger partial charge < -0.3 is 0 Å². The number of hydrogen-bond donors (Lipinski definition) is 0. The van der Waals surface area contributed by atoms with Crippen LogP contribution >= 0.6 is 0 Å². The van der Waals surface area contributed by atoms with Gasteiger partial charge in [0.15, 0.2) is 0 Å². The molecule has 0 aromatic heterocycles. The first-order valence-electron chi connectivity index (χ1n) is 6.82. The molecule has 1 heterocycles. The van der Waals surface area contributed by atoms with Crippen molar-refractivity contribution >= 4 is 15.7 Å². The van der Waals surface area contributed by atoms with Crippen LogP contribution in [-0.2, 0) is 22.2 Å². The Morgan fingerprint density at radius 2 is 1.81 bits per heavy atom. The second kappa shape index (κ2) is 5.15. The van der Waals surface area contributed by atoms with Gasteiger partial charge in [0.2, 0.25) is 10.0 Å². The lowest BCUT2D eigenvalue weighted by atomic mass is 10.1. The summed E-state index contributed by atoms with van der Waals surface area (Å²) < 4.78 is 40.5. The lowest BCUT2D eigenvalue weighted by molar-refractivity contribution is 0.577. The first-order chi connectivity index (χ1) is 9.99. The highest BCUT2D eigenvalue weighted by atomic mass is 32.2. The Bertz CT molecular complexity index is 773.